The molecule has 6 heteroatoms. The number of halogens is 1. The van der Waals surface area contributed by atoms with Gasteiger partial charge in [0.1, 0.15) is 5.75 Å². The Hall–Kier alpha value is -2.53. The van der Waals surface area contributed by atoms with Crippen LogP contribution in [-0.2, 0) is 4.79 Å². The van der Waals surface area contributed by atoms with Crippen LogP contribution in [0.3, 0.4) is 0 Å². The second kappa shape index (κ2) is 8.93. The summed E-state index contributed by atoms with van der Waals surface area (Å²) >= 11 is 5.99. The Bertz CT molecular complexity index is 732. The summed E-state index contributed by atoms with van der Waals surface area (Å²) in [6.45, 7) is 2.06. The molecule has 2 rings (SSSR count). The summed E-state index contributed by atoms with van der Waals surface area (Å²) in [4.78, 5) is 12.0. The number of nitrogens with zero attached hydrogens (tertiary/aromatic N) is 1. The highest BCUT2D eigenvalue weighted by atomic mass is 35.5. The Kier molecular flexibility index (Phi) is 6.63. The smallest absolute Gasteiger partial charge is 0.259 e. The van der Waals surface area contributed by atoms with Gasteiger partial charge < -0.3 is 10.1 Å². The number of benzene rings is 2. The maximum Gasteiger partial charge on any atom is 0.259 e. The third kappa shape index (κ3) is 4.99. The summed E-state index contributed by atoms with van der Waals surface area (Å²) < 4.78 is 5.23. The second-order valence-electron chi connectivity index (χ2n) is 5.01. The molecule has 126 valence electrons. The Labute approximate surface area is 146 Å². The molecule has 0 heterocycles. The van der Waals surface area contributed by atoms with Gasteiger partial charge >= 0.3 is 0 Å². The molecule has 0 aliphatic rings. The lowest BCUT2D eigenvalue weighted by atomic mass is 10.1. The lowest BCUT2D eigenvalue weighted by Gasteiger charge is -2.10. The molecule has 1 amide bonds. The van der Waals surface area contributed by atoms with Gasteiger partial charge in [-0.05, 0) is 36.2 Å². The highest BCUT2D eigenvalue weighted by molar-refractivity contribution is 6.31. The number of amides is 1. The minimum Gasteiger partial charge on any atom is -0.495 e. The zero-order valence-corrected chi connectivity index (χ0v) is 14.4. The Morgan fingerprint density at radius 1 is 1.21 bits per heavy atom. The van der Waals surface area contributed by atoms with Crippen LogP contribution in [0.2, 0.25) is 5.02 Å². The van der Waals surface area contributed by atoms with Crippen LogP contribution in [0.5, 0.6) is 5.75 Å². The topological polar surface area (TPSA) is 62.7 Å². The zero-order valence-electron chi connectivity index (χ0n) is 13.7. The monoisotopic (exact) mass is 345 g/mol. The molecule has 0 saturated carbocycles. The number of carbonyl (C=O) groups is 1. The van der Waals surface area contributed by atoms with Crippen LogP contribution in [0.4, 0.5) is 5.69 Å². The first kappa shape index (κ1) is 17.8. The molecule has 0 saturated heterocycles. The standard InChI is InChI=1S/C18H20ClN3O2/c1-3-15(13-7-6-8-14(19)11-13)21-22-18(23)12-20-16-9-4-5-10-17(16)24-2/h4-11,20H,3,12H2,1-2H3,(H,22,23)/b21-15+. The molecule has 2 N–H and O–H groups in total. The SMILES string of the molecule is CC/C(=N\NC(=O)CNc1ccccc1OC)c1cccc(Cl)c1. The van der Waals surface area contributed by atoms with E-state index in [0.29, 0.717) is 17.2 Å². The number of rotatable bonds is 7. The number of ether oxygens (including phenoxy) is 1. The van der Waals surface area contributed by atoms with E-state index in [-0.39, 0.29) is 12.5 Å². The van der Waals surface area contributed by atoms with E-state index < -0.39 is 0 Å². The van der Waals surface area contributed by atoms with Crippen LogP contribution in [0.1, 0.15) is 18.9 Å². The first-order valence-electron chi connectivity index (χ1n) is 7.62. The van der Waals surface area contributed by atoms with Crippen LogP contribution in [0.25, 0.3) is 0 Å². The van der Waals surface area contributed by atoms with Gasteiger partial charge in [0.15, 0.2) is 0 Å². The van der Waals surface area contributed by atoms with E-state index in [1.807, 2.05) is 49.4 Å². The van der Waals surface area contributed by atoms with Crippen molar-refractivity contribution in [2.45, 2.75) is 13.3 Å². The molecule has 24 heavy (non-hydrogen) atoms. The van der Waals surface area contributed by atoms with Crippen molar-refractivity contribution < 1.29 is 9.53 Å². The number of anilines is 1. The Balaban J connectivity index is 1.96. The number of carbonyl (C=O) groups excluding carboxylic acids is 1. The number of hydrogen-bond donors (Lipinski definition) is 2. The molecular formula is C18H20ClN3O2. The average molecular weight is 346 g/mol. The fraction of sp³-hybridized carbons (Fsp3) is 0.222. The number of hydrogen-bond acceptors (Lipinski definition) is 4. The highest BCUT2D eigenvalue weighted by Crippen LogP contribution is 2.22. The van der Waals surface area contributed by atoms with E-state index in [4.69, 9.17) is 16.3 Å². The van der Waals surface area contributed by atoms with Crippen molar-refractivity contribution in [3.63, 3.8) is 0 Å². The summed E-state index contributed by atoms with van der Waals surface area (Å²) in [5.74, 6) is 0.441. The molecule has 0 unspecified atom stereocenters. The maximum atomic E-state index is 12.0. The fourth-order valence-corrected chi connectivity index (χ4v) is 2.34. The van der Waals surface area contributed by atoms with Gasteiger partial charge in [0.25, 0.3) is 5.91 Å². The van der Waals surface area contributed by atoms with Crippen LogP contribution in [-0.4, -0.2) is 25.3 Å². The van der Waals surface area contributed by atoms with Crippen molar-refractivity contribution in [2.75, 3.05) is 19.0 Å². The third-order valence-electron chi connectivity index (χ3n) is 3.35. The fourth-order valence-electron chi connectivity index (χ4n) is 2.15. The van der Waals surface area contributed by atoms with Gasteiger partial charge in [-0.2, -0.15) is 5.10 Å². The first-order valence-corrected chi connectivity index (χ1v) is 8.00. The van der Waals surface area contributed by atoms with E-state index in [0.717, 1.165) is 17.0 Å². The van der Waals surface area contributed by atoms with E-state index in [1.165, 1.54) is 0 Å². The number of para-hydroxylation sites is 2. The molecule has 0 bridgehead atoms. The molecular weight excluding hydrogens is 326 g/mol. The lowest BCUT2D eigenvalue weighted by Crippen LogP contribution is -2.27. The number of nitrogens with one attached hydrogen (secondary N) is 2. The molecule has 5 nitrogen and oxygen atoms in total. The van der Waals surface area contributed by atoms with Crippen molar-refractivity contribution in [2.24, 2.45) is 5.10 Å². The molecule has 2 aromatic carbocycles. The minimum absolute atomic E-state index is 0.0937. The third-order valence-corrected chi connectivity index (χ3v) is 3.59. The summed E-state index contributed by atoms with van der Waals surface area (Å²) in [5, 5.41) is 7.86. The summed E-state index contributed by atoms with van der Waals surface area (Å²) in [6, 6.07) is 14.8. The molecule has 0 aliphatic carbocycles. The molecule has 0 aromatic heterocycles. The van der Waals surface area contributed by atoms with Crippen LogP contribution >= 0.6 is 11.6 Å². The van der Waals surface area contributed by atoms with Crippen molar-refractivity contribution in [3.05, 3.63) is 59.1 Å². The van der Waals surface area contributed by atoms with E-state index in [2.05, 4.69) is 15.8 Å². The minimum atomic E-state index is -0.242. The highest BCUT2D eigenvalue weighted by Gasteiger charge is 2.06. The molecule has 0 aliphatic heterocycles. The van der Waals surface area contributed by atoms with E-state index >= 15 is 0 Å². The van der Waals surface area contributed by atoms with Crippen LogP contribution in [0.15, 0.2) is 53.6 Å². The summed E-state index contributed by atoms with van der Waals surface area (Å²) in [7, 11) is 1.59. The van der Waals surface area contributed by atoms with E-state index in [1.54, 1.807) is 13.2 Å². The van der Waals surface area contributed by atoms with Gasteiger partial charge in [0.2, 0.25) is 0 Å². The van der Waals surface area contributed by atoms with Crippen molar-refractivity contribution >= 4 is 28.9 Å². The van der Waals surface area contributed by atoms with Crippen LogP contribution in [0, 0.1) is 0 Å². The molecule has 0 spiro atoms. The van der Waals surface area contributed by atoms with Crippen molar-refractivity contribution in [3.8, 4) is 5.75 Å². The van der Waals surface area contributed by atoms with Crippen LogP contribution < -0.4 is 15.5 Å². The molecule has 2 aromatic rings. The number of hydrazone groups is 1. The number of methoxy groups -OCH3 is 1. The first-order chi connectivity index (χ1) is 11.6. The predicted octanol–water partition coefficient (Wildman–Crippen LogP) is 3.69. The molecule has 0 fully saturated rings. The normalized spacial score (nSPS) is 11.0. The molecule has 0 radical (unpaired) electrons. The predicted molar refractivity (Wildman–Crippen MR) is 97.9 cm³/mol. The molecule has 0 atom stereocenters. The van der Waals surface area contributed by atoms with Gasteiger partial charge in [-0.25, -0.2) is 5.43 Å². The lowest BCUT2D eigenvalue weighted by molar-refractivity contribution is -0.119. The zero-order chi connectivity index (χ0) is 17.4. The quantitative estimate of drug-likeness (QED) is 0.594. The van der Waals surface area contributed by atoms with Gasteiger partial charge in [-0.1, -0.05) is 42.8 Å². The van der Waals surface area contributed by atoms with Crippen molar-refractivity contribution in [1.29, 1.82) is 0 Å². The second-order valence-corrected chi connectivity index (χ2v) is 5.45. The summed E-state index contributed by atoms with van der Waals surface area (Å²) in [6.07, 6.45) is 0.681. The Morgan fingerprint density at radius 2 is 2.00 bits per heavy atom. The maximum absolute atomic E-state index is 12.0. The van der Waals surface area contributed by atoms with Gasteiger partial charge in [0, 0.05) is 5.02 Å². The Morgan fingerprint density at radius 3 is 2.71 bits per heavy atom. The average Bonchev–Trinajstić information content (AvgIpc) is 2.60. The van der Waals surface area contributed by atoms with Gasteiger partial charge in [-0.3, -0.25) is 4.79 Å². The van der Waals surface area contributed by atoms with Crippen molar-refractivity contribution in [1.82, 2.24) is 5.43 Å². The van der Waals surface area contributed by atoms with Gasteiger partial charge in [-0.15, -0.1) is 0 Å². The largest absolute Gasteiger partial charge is 0.495 e. The summed E-state index contributed by atoms with van der Waals surface area (Å²) in [5.41, 5.74) is 4.97. The van der Waals surface area contributed by atoms with Gasteiger partial charge in [0.05, 0.1) is 25.1 Å². The van der Waals surface area contributed by atoms with E-state index in [9.17, 15) is 4.79 Å².